The molecule has 1 amide bonds. The van der Waals surface area contributed by atoms with Crippen LogP contribution in [0.2, 0.25) is 0 Å². The summed E-state index contributed by atoms with van der Waals surface area (Å²) in [5.41, 5.74) is 5.89. The van der Waals surface area contributed by atoms with Gasteiger partial charge in [0.2, 0.25) is 0 Å². The fraction of sp³-hybridized carbons (Fsp3) is 0.238. The number of nitrogens with one attached hydrogen (secondary N) is 1. The summed E-state index contributed by atoms with van der Waals surface area (Å²) in [6.07, 6.45) is 3.64. The highest BCUT2D eigenvalue weighted by molar-refractivity contribution is 8.19. The normalized spacial score (nSPS) is 14.8. The Morgan fingerprint density at radius 1 is 1.21 bits per heavy atom. The van der Waals surface area contributed by atoms with Gasteiger partial charge in [-0.05, 0) is 23.8 Å². The number of aryl methyl sites for hydroxylation is 1. The molecule has 1 fully saturated rings. The molecule has 7 heteroatoms. The molecule has 3 aromatic rings. The number of hydrazone groups is 1. The number of fused-ring (bicyclic) bond motifs is 1. The fourth-order valence-electron chi connectivity index (χ4n) is 3.10. The third-order valence-electron chi connectivity index (χ3n) is 4.46. The quantitative estimate of drug-likeness (QED) is 0.488. The van der Waals surface area contributed by atoms with Crippen LogP contribution >= 0.6 is 23.5 Å². The number of rotatable bonds is 6. The lowest BCUT2D eigenvalue weighted by molar-refractivity contribution is -0.123. The number of carbonyl (C=O) groups excluding carboxylic acids is 1. The predicted molar refractivity (Wildman–Crippen MR) is 118 cm³/mol. The number of aromatic nitrogens is 1. The van der Waals surface area contributed by atoms with Gasteiger partial charge in [-0.2, -0.15) is 5.10 Å². The van der Waals surface area contributed by atoms with Crippen LogP contribution in [-0.4, -0.2) is 34.8 Å². The third-order valence-corrected chi connectivity index (χ3v) is 7.57. The van der Waals surface area contributed by atoms with Crippen LogP contribution in [0.3, 0.4) is 0 Å². The molecule has 1 aliphatic heterocycles. The van der Waals surface area contributed by atoms with Gasteiger partial charge in [-0.25, -0.2) is 5.43 Å². The van der Waals surface area contributed by atoms with Crippen LogP contribution in [0.4, 0.5) is 0 Å². The van der Waals surface area contributed by atoms with Crippen LogP contribution in [0.25, 0.3) is 10.9 Å². The van der Waals surface area contributed by atoms with Crippen molar-refractivity contribution in [1.82, 2.24) is 9.99 Å². The first-order chi connectivity index (χ1) is 13.7. The minimum atomic E-state index is -0.289. The fourth-order valence-corrected chi connectivity index (χ4v) is 5.96. The standard InChI is InChI=1S/C21H21N3O2S2/c1-24-13-16(18-4-2-3-5-19(18)24)12-22-23-20(25)14-26-17-8-6-15(7-9-17)21-27-10-11-28-21/h2-9,12-13,21H,10-11,14H2,1H3,(H,23,25)/b22-12-. The van der Waals surface area contributed by atoms with Crippen LogP contribution in [-0.2, 0) is 11.8 Å². The van der Waals surface area contributed by atoms with E-state index in [1.807, 2.05) is 71.7 Å². The van der Waals surface area contributed by atoms with Crippen molar-refractivity contribution >= 4 is 46.5 Å². The van der Waals surface area contributed by atoms with E-state index in [-0.39, 0.29) is 12.5 Å². The third kappa shape index (κ3) is 4.36. The number of para-hydroxylation sites is 1. The average molecular weight is 412 g/mol. The van der Waals surface area contributed by atoms with Gasteiger partial charge in [0.25, 0.3) is 5.91 Å². The van der Waals surface area contributed by atoms with Crippen molar-refractivity contribution in [3.05, 3.63) is 65.9 Å². The Bertz CT molecular complexity index is 993. The first kappa shape index (κ1) is 19.0. The lowest BCUT2D eigenvalue weighted by Crippen LogP contribution is -2.24. The molecule has 2 heterocycles. The molecular formula is C21H21N3O2S2. The SMILES string of the molecule is Cn1cc(/C=N\NC(=O)COc2ccc(C3SCCS3)cc2)c2ccccc21. The summed E-state index contributed by atoms with van der Waals surface area (Å²) in [5, 5.41) is 5.16. The molecule has 0 bridgehead atoms. The first-order valence-electron chi connectivity index (χ1n) is 9.02. The summed E-state index contributed by atoms with van der Waals surface area (Å²) in [6.45, 7) is -0.0703. The van der Waals surface area contributed by atoms with Crippen LogP contribution in [0.1, 0.15) is 15.7 Å². The Hall–Kier alpha value is -2.38. The van der Waals surface area contributed by atoms with E-state index in [1.54, 1.807) is 6.21 Å². The van der Waals surface area contributed by atoms with Crippen molar-refractivity contribution < 1.29 is 9.53 Å². The molecular weight excluding hydrogens is 390 g/mol. The van der Waals surface area contributed by atoms with Gasteiger partial charge in [-0.1, -0.05) is 30.3 Å². The average Bonchev–Trinajstić information content (AvgIpc) is 3.36. The Morgan fingerprint density at radius 2 is 1.96 bits per heavy atom. The van der Waals surface area contributed by atoms with Gasteiger partial charge in [0.05, 0.1) is 10.8 Å². The number of benzene rings is 2. The van der Waals surface area contributed by atoms with Crippen molar-refractivity contribution in [2.24, 2.45) is 12.1 Å². The van der Waals surface area contributed by atoms with E-state index in [9.17, 15) is 4.79 Å². The van der Waals surface area contributed by atoms with Crippen molar-refractivity contribution in [2.75, 3.05) is 18.1 Å². The topological polar surface area (TPSA) is 55.6 Å². The first-order valence-corrected chi connectivity index (χ1v) is 11.1. The molecule has 1 aliphatic rings. The molecule has 2 aromatic carbocycles. The van der Waals surface area contributed by atoms with Crippen molar-refractivity contribution in [3.63, 3.8) is 0 Å². The Morgan fingerprint density at radius 3 is 2.75 bits per heavy atom. The highest BCUT2D eigenvalue weighted by Gasteiger charge is 2.17. The number of thioether (sulfide) groups is 2. The van der Waals surface area contributed by atoms with Gasteiger partial charge in [0.1, 0.15) is 5.75 Å². The number of carbonyl (C=O) groups is 1. The van der Waals surface area contributed by atoms with Crippen LogP contribution in [0, 0.1) is 0 Å². The van der Waals surface area contributed by atoms with Gasteiger partial charge in [0, 0.05) is 41.2 Å². The van der Waals surface area contributed by atoms with E-state index in [4.69, 9.17) is 4.74 Å². The van der Waals surface area contributed by atoms with Gasteiger partial charge in [-0.15, -0.1) is 23.5 Å². The maximum atomic E-state index is 12.0. The Labute approximate surface area is 172 Å². The van der Waals surface area contributed by atoms with E-state index < -0.39 is 0 Å². The van der Waals surface area contributed by atoms with E-state index in [1.165, 1.54) is 17.1 Å². The number of hydrogen-bond donors (Lipinski definition) is 1. The Balaban J connectivity index is 1.29. The van der Waals surface area contributed by atoms with E-state index >= 15 is 0 Å². The second kappa shape index (κ2) is 8.75. The van der Waals surface area contributed by atoms with Crippen LogP contribution in [0.5, 0.6) is 5.75 Å². The number of amides is 1. The summed E-state index contributed by atoms with van der Waals surface area (Å²) in [6, 6.07) is 16.1. The number of ether oxygens (including phenoxy) is 1. The van der Waals surface area contributed by atoms with Crippen molar-refractivity contribution in [3.8, 4) is 5.75 Å². The minimum absolute atomic E-state index is 0.0703. The van der Waals surface area contributed by atoms with E-state index in [0.29, 0.717) is 10.3 Å². The lowest BCUT2D eigenvalue weighted by Gasteiger charge is -2.10. The molecule has 0 spiro atoms. The molecule has 0 aliphatic carbocycles. The largest absolute Gasteiger partial charge is 0.484 e. The summed E-state index contributed by atoms with van der Waals surface area (Å²) in [7, 11) is 1.99. The molecule has 5 nitrogen and oxygen atoms in total. The molecule has 0 atom stereocenters. The minimum Gasteiger partial charge on any atom is -0.484 e. The van der Waals surface area contributed by atoms with Gasteiger partial charge < -0.3 is 9.30 Å². The number of nitrogens with zero attached hydrogens (tertiary/aromatic N) is 2. The monoisotopic (exact) mass is 411 g/mol. The van der Waals surface area contributed by atoms with Crippen molar-refractivity contribution in [1.29, 1.82) is 0 Å². The zero-order valence-electron chi connectivity index (χ0n) is 15.5. The summed E-state index contributed by atoms with van der Waals surface area (Å²) < 4.78 is 8.11. The second-order valence-electron chi connectivity index (χ2n) is 6.44. The maximum Gasteiger partial charge on any atom is 0.277 e. The molecule has 4 rings (SSSR count). The molecule has 0 unspecified atom stereocenters. The molecule has 1 N–H and O–H groups in total. The van der Waals surface area contributed by atoms with Gasteiger partial charge in [-0.3, -0.25) is 4.79 Å². The molecule has 28 heavy (non-hydrogen) atoms. The molecule has 1 saturated heterocycles. The maximum absolute atomic E-state index is 12.0. The second-order valence-corrected chi connectivity index (χ2v) is 9.16. The molecule has 0 saturated carbocycles. The lowest BCUT2D eigenvalue weighted by atomic mass is 10.2. The summed E-state index contributed by atoms with van der Waals surface area (Å²) in [4.78, 5) is 12.0. The zero-order valence-corrected chi connectivity index (χ0v) is 17.1. The highest BCUT2D eigenvalue weighted by atomic mass is 32.2. The van der Waals surface area contributed by atoms with Gasteiger partial charge >= 0.3 is 0 Å². The molecule has 0 radical (unpaired) electrons. The summed E-state index contributed by atoms with van der Waals surface area (Å²) in [5.74, 6) is 2.80. The zero-order chi connectivity index (χ0) is 19.3. The smallest absolute Gasteiger partial charge is 0.277 e. The molecule has 144 valence electrons. The van der Waals surface area contributed by atoms with Gasteiger partial charge in [0.15, 0.2) is 6.61 Å². The van der Waals surface area contributed by atoms with Crippen LogP contribution in [0.15, 0.2) is 59.8 Å². The van der Waals surface area contributed by atoms with E-state index in [0.717, 1.165) is 16.5 Å². The predicted octanol–water partition coefficient (Wildman–Crippen LogP) is 4.19. The van der Waals surface area contributed by atoms with Crippen LogP contribution < -0.4 is 10.2 Å². The highest BCUT2D eigenvalue weighted by Crippen LogP contribution is 2.45. The molecule has 1 aromatic heterocycles. The summed E-state index contributed by atoms with van der Waals surface area (Å²) >= 11 is 3.94. The van der Waals surface area contributed by atoms with Crippen molar-refractivity contribution in [2.45, 2.75) is 4.58 Å². The number of hydrogen-bond acceptors (Lipinski definition) is 5. The Kier molecular flexibility index (Phi) is 5.92. The van der Waals surface area contributed by atoms with E-state index in [2.05, 4.69) is 28.7 Å².